The number of benzene rings is 2. The topological polar surface area (TPSA) is 50.2 Å². The predicted octanol–water partition coefficient (Wildman–Crippen LogP) is 4.75. The van der Waals surface area contributed by atoms with Crippen LogP contribution in [0.4, 0.5) is 0 Å². The average molecular weight is 394 g/mol. The number of thioether (sulfide) groups is 1. The van der Waals surface area contributed by atoms with Crippen LogP contribution in [0.15, 0.2) is 81.4 Å². The van der Waals surface area contributed by atoms with Crippen molar-refractivity contribution in [2.75, 3.05) is 12.0 Å². The summed E-state index contributed by atoms with van der Waals surface area (Å²) in [6, 6.07) is 20.3. The summed E-state index contributed by atoms with van der Waals surface area (Å²) in [6.45, 7) is 0. The summed E-state index contributed by atoms with van der Waals surface area (Å²) in [5.41, 5.74) is 3.43. The lowest BCUT2D eigenvalue weighted by molar-refractivity contribution is 0.877. The Morgan fingerprint density at radius 1 is 1.04 bits per heavy atom. The molecule has 0 fully saturated rings. The van der Waals surface area contributed by atoms with Crippen LogP contribution in [0.5, 0.6) is 0 Å². The Morgan fingerprint density at radius 2 is 1.78 bits per heavy atom. The van der Waals surface area contributed by atoms with Crippen molar-refractivity contribution in [3.8, 4) is 11.1 Å². The van der Waals surface area contributed by atoms with Gasteiger partial charge in [0.2, 0.25) is 0 Å². The van der Waals surface area contributed by atoms with Crippen LogP contribution in [0, 0.1) is 0 Å². The highest BCUT2D eigenvalue weighted by molar-refractivity contribution is 7.99. The van der Waals surface area contributed by atoms with E-state index in [1.54, 1.807) is 29.6 Å². The normalized spacial score (nSPS) is 11.1. The molecule has 0 amide bonds. The van der Waals surface area contributed by atoms with Crippen molar-refractivity contribution in [2.24, 2.45) is 0 Å². The highest BCUT2D eigenvalue weighted by atomic mass is 32.2. The first-order valence-corrected chi connectivity index (χ1v) is 10.9. The molecule has 4 aromatic rings. The van der Waals surface area contributed by atoms with Crippen molar-refractivity contribution in [3.05, 3.63) is 82.9 Å². The van der Waals surface area contributed by atoms with E-state index in [2.05, 4.69) is 47.8 Å². The van der Waals surface area contributed by atoms with Gasteiger partial charge in [-0.3, -0.25) is 9.89 Å². The molecule has 0 unspecified atom stereocenters. The first-order valence-electron chi connectivity index (χ1n) is 8.67. The molecule has 2 aromatic heterocycles. The molecule has 1 N–H and O–H groups in total. The summed E-state index contributed by atoms with van der Waals surface area (Å²) < 4.78 is 1.50. The van der Waals surface area contributed by atoms with E-state index >= 15 is 0 Å². The number of aromatic amines is 1. The fraction of sp³-hybridized carbons (Fsp3) is 0.143. The van der Waals surface area contributed by atoms with Gasteiger partial charge in [0.1, 0.15) is 0 Å². The molecule has 0 saturated heterocycles. The molecular weight excluding hydrogens is 374 g/mol. The van der Waals surface area contributed by atoms with Crippen LogP contribution in [0.3, 0.4) is 0 Å². The molecule has 4 rings (SSSR count). The van der Waals surface area contributed by atoms with E-state index in [-0.39, 0.29) is 5.56 Å². The first-order chi connectivity index (χ1) is 13.2. The van der Waals surface area contributed by atoms with Gasteiger partial charge < -0.3 is 0 Å². The van der Waals surface area contributed by atoms with E-state index in [9.17, 15) is 4.79 Å². The third-order valence-electron chi connectivity index (χ3n) is 4.26. The number of hydrogen-bond acceptors (Lipinski definition) is 4. The van der Waals surface area contributed by atoms with Gasteiger partial charge in [0.05, 0.1) is 0 Å². The zero-order valence-corrected chi connectivity index (χ0v) is 16.5. The summed E-state index contributed by atoms with van der Waals surface area (Å²) >= 11 is 3.48. The van der Waals surface area contributed by atoms with Gasteiger partial charge in [-0.1, -0.05) is 42.1 Å². The van der Waals surface area contributed by atoms with Crippen molar-refractivity contribution in [3.63, 3.8) is 0 Å². The van der Waals surface area contributed by atoms with Gasteiger partial charge in [0.15, 0.2) is 5.65 Å². The van der Waals surface area contributed by atoms with E-state index in [1.165, 1.54) is 14.3 Å². The van der Waals surface area contributed by atoms with E-state index in [4.69, 9.17) is 4.98 Å². The minimum absolute atomic E-state index is 0.0707. The maximum Gasteiger partial charge on any atom is 0.272 e. The fourth-order valence-electron chi connectivity index (χ4n) is 2.90. The molecule has 2 heterocycles. The Labute approximate surface area is 166 Å². The SMILES string of the molecule is CSCCc1cc(=O)n2[nH]cc(-c3ccc(Sc4ccccc4)cc3)c2n1. The molecule has 4 nitrogen and oxygen atoms in total. The van der Waals surface area contributed by atoms with Crippen molar-refractivity contribution in [1.29, 1.82) is 0 Å². The predicted molar refractivity (Wildman–Crippen MR) is 114 cm³/mol. The first kappa shape index (κ1) is 17.9. The number of fused-ring (bicyclic) bond motifs is 1. The molecule has 0 radical (unpaired) electrons. The number of aryl methyl sites for hydroxylation is 1. The zero-order chi connectivity index (χ0) is 18.6. The van der Waals surface area contributed by atoms with Gasteiger partial charge in [-0.05, 0) is 48.3 Å². The number of hydrogen-bond donors (Lipinski definition) is 1. The lowest BCUT2D eigenvalue weighted by Crippen LogP contribution is -2.15. The van der Waals surface area contributed by atoms with E-state index in [0.717, 1.165) is 29.0 Å². The highest BCUT2D eigenvalue weighted by Gasteiger charge is 2.11. The van der Waals surface area contributed by atoms with Gasteiger partial charge in [0.25, 0.3) is 5.56 Å². The molecule has 0 aliphatic rings. The Balaban J connectivity index is 1.65. The van der Waals surface area contributed by atoms with Crippen molar-refractivity contribution < 1.29 is 0 Å². The van der Waals surface area contributed by atoms with Crippen molar-refractivity contribution in [2.45, 2.75) is 16.2 Å². The molecular formula is C21H19N3OS2. The van der Waals surface area contributed by atoms with Crippen LogP contribution in [0.1, 0.15) is 5.69 Å². The average Bonchev–Trinajstić information content (AvgIpc) is 3.12. The van der Waals surface area contributed by atoms with E-state index in [0.29, 0.717) is 5.65 Å². The third kappa shape index (κ3) is 3.96. The number of nitrogens with zero attached hydrogens (tertiary/aromatic N) is 2. The molecule has 2 aromatic carbocycles. The molecule has 0 atom stereocenters. The second-order valence-corrected chi connectivity index (χ2v) is 8.25. The molecule has 0 spiro atoms. The molecule has 27 heavy (non-hydrogen) atoms. The van der Waals surface area contributed by atoms with Crippen molar-refractivity contribution >= 4 is 29.2 Å². The van der Waals surface area contributed by atoms with Gasteiger partial charge in [-0.15, -0.1) is 0 Å². The van der Waals surface area contributed by atoms with Crippen LogP contribution < -0.4 is 5.56 Å². The maximum absolute atomic E-state index is 12.3. The van der Waals surface area contributed by atoms with Crippen LogP contribution in [-0.2, 0) is 6.42 Å². The number of rotatable bonds is 6. The Hall–Kier alpha value is -2.44. The zero-order valence-electron chi connectivity index (χ0n) is 14.9. The fourth-order valence-corrected chi connectivity index (χ4v) is 4.15. The van der Waals surface area contributed by atoms with E-state index < -0.39 is 0 Å². The second kappa shape index (κ2) is 8.06. The van der Waals surface area contributed by atoms with Gasteiger partial charge in [-0.25, -0.2) is 9.50 Å². The molecule has 0 aliphatic heterocycles. The molecule has 6 heteroatoms. The monoisotopic (exact) mass is 393 g/mol. The summed E-state index contributed by atoms with van der Waals surface area (Å²) in [7, 11) is 0. The van der Waals surface area contributed by atoms with E-state index in [1.807, 2.05) is 24.4 Å². The van der Waals surface area contributed by atoms with Crippen LogP contribution in [0.2, 0.25) is 0 Å². The number of aromatic nitrogens is 3. The Morgan fingerprint density at radius 3 is 2.52 bits per heavy atom. The summed E-state index contributed by atoms with van der Waals surface area (Å²) in [5.74, 6) is 0.952. The number of H-pyrrole nitrogens is 1. The maximum atomic E-state index is 12.3. The second-order valence-electron chi connectivity index (χ2n) is 6.11. The quantitative estimate of drug-likeness (QED) is 0.514. The Bertz CT molecular complexity index is 1100. The standard InChI is InChI=1S/C21H19N3OS2/c1-26-12-11-16-13-20(25)24-21(23-16)19(14-22-24)15-7-9-18(10-8-15)27-17-5-3-2-4-6-17/h2-10,13-14,22H,11-12H2,1H3. The van der Waals surface area contributed by atoms with Crippen LogP contribution in [-0.4, -0.2) is 26.6 Å². The Kier molecular flexibility index (Phi) is 5.36. The number of nitrogens with one attached hydrogen (secondary N) is 1. The molecule has 0 aliphatic carbocycles. The third-order valence-corrected chi connectivity index (χ3v) is 5.89. The summed E-state index contributed by atoms with van der Waals surface area (Å²) in [4.78, 5) is 19.4. The summed E-state index contributed by atoms with van der Waals surface area (Å²) in [5, 5.41) is 3.02. The van der Waals surface area contributed by atoms with Crippen molar-refractivity contribution in [1.82, 2.24) is 14.6 Å². The minimum atomic E-state index is -0.0707. The summed E-state index contributed by atoms with van der Waals surface area (Å²) in [6.07, 6.45) is 4.70. The molecule has 0 saturated carbocycles. The van der Waals surface area contributed by atoms with Crippen LogP contribution >= 0.6 is 23.5 Å². The lowest BCUT2D eigenvalue weighted by atomic mass is 10.1. The molecule has 136 valence electrons. The lowest BCUT2D eigenvalue weighted by Gasteiger charge is -2.04. The largest absolute Gasteiger partial charge is 0.296 e. The molecule has 0 bridgehead atoms. The van der Waals surface area contributed by atoms with Crippen LogP contribution in [0.25, 0.3) is 16.8 Å². The van der Waals surface area contributed by atoms with Gasteiger partial charge in [-0.2, -0.15) is 11.8 Å². The highest BCUT2D eigenvalue weighted by Crippen LogP contribution is 2.30. The van der Waals surface area contributed by atoms with Gasteiger partial charge >= 0.3 is 0 Å². The minimum Gasteiger partial charge on any atom is -0.296 e. The smallest absolute Gasteiger partial charge is 0.272 e. The van der Waals surface area contributed by atoms with Gasteiger partial charge in [0, 0.05) is 33.3 Å².